The van der Waals surface area contributed by atoms with Gasteiger partial charge in [-0.25, -0.2) is 4.79 Å². The molecule has 1 amide bonds. The van der Waals surface area contributed by atoms with Gasteiger partial charge in [0.1, 0.15) is 0 Å². The minimum atomic E-state index is -0.604. The molecule has 1 aliphatic heterocycles. The maximum atomic E-state index is 13.1. The van der Waals surface area contributed by atoms with E-state index in [0.717, 1.165) is 29.9 Å². The first kappa shape index (κ1) is 21.3. The van der Waals surface area contributed by atoms with Crippen molar-refractivity contribution in [1.82, 2.24) is 0 Å². The van der Waals surface area contributed by atoms with E-state index in [1.165, 1.54) is 5.01 Å². The molecule has 156 valence electrons. The Hall–Kier alpha value is -3.41. The van der Waals surface area contributed by atoms with Gasteiger partial charge in [-0.3, -0.25) is 4.79 Å². The Kier molecular flexibility index (Phi) is 6.67. The van der Waals surface area contributed by atoms with Crippen LogP contribution in [0.3, 0.4) is 0 Å². The standard InChI is InChI=1S/C24H27N3O3/c1-5-26(6-2)20-14-13-18(17(4)15-20)16-21-22(24(29)30-7-3)25-27(23(21)28)19-11-9-8-10-12-19/h8-16H,5-7H2,1-4H3. The SMILES string of the molecule is CCOC(=O)C1=NN(c2ccccc2)C(=O)C1=Cc1ccc(N(CC)CC)cc1C. The summed E-state index contributed by atoms with van der Waals surface area (Å²) in [4.78, 5) is 27.9. The molecular formula is C24H27N3O3. The van der Waals surface area contributed by atoms with E-state index in [2.05, 4.69) is 29.9 Å². The number of para-hydroxylation sites is 1. The lowest BCUT2D eigenvalue weighted by Crippen LogP contribution is -2.23. The second-order valence-electron chi connectivity index (χ2n) is 6.89. The molecule has 3 rings (SSSR count). The van der Waals surface area contributed by atoms with Crippen molar-refractivity contribution in [3.63, 3.8) is 0 Å². The van der Waals surface area contributed by atoms with E-state index in [4.69, 9.17) is 4.74 Å². The van der Waals surface area contributed by atoms with Gasteiger partial charge in [-0.15, -0.1) is 0 Å². The molecule has 1 aliphatic rings. The lowest BCUT2D eigenvalue weighted by Gasteiger charge is -2.22. The third-order valence-electron chi connectivity index (χ3n) is 5.03. The largest absolute Gasteiger partial charge is 0.461 e. The Morgan fingerprint density at radius 1 is 1.10 bits per heavy atom. The molecule has 0 spiro atoms. The zero-order valence-corrected chi connectivity index (χ0v) is 17.9. The highest BCUT2D eigenvalue weighted by Gasteiger charge is 2.36. The van der Waals surface area contributed by atoms with Gasteiger partial charge in [0.25, 0.3) is 5.91 Å². The molecule has 6 heteroatoms. The number of carbonyl (C=O) groups excluding carboxylic acids is 2. The number of hydrogen-bond acceptors (Lipinski definition) is 5. The third-order valence-corrected chi connectivity index (χ3v) is 5.03. The number of aryl methyl sites for hydroxylation is 1. The molecule has 0 fully saturated rings. The first-order valence-corrected chi connectivity index (χ1v) is 10.2. The summed E-state index contributed by atoms with van der Waals surface area (Å²) in [5.74, 6) is -0.954. The Bertz CT molecular complexity index is 992. The van der Waals surface area contributed by atoms with Crippen LogP contribution in [0.5, 0.6) is 0 Å². The predicted octanol–water partition coefficient (Wildman–Crippen LogP) is 4.19. The van der Waals surface area contributed by atoms with E-state index in [0.29, 0.717) is 5.69 Å². The van der Waals surface area contributed by atoms with Gasteiger partial charge in [0, 0.05) is 18.8 Å². The van der Waals surface area contributed by atoms with Crippen LogP contribution in [0.1, 0.15) is 31.9 Å². The van der Waals surface area contributed by atoms with Crippen LogP contribution in [0.25, 0.3) is 6.08 Å². The van der Waals surface area contributed by atoms with Crippen LogP contribution in [0.2, 0.25) is 0 Å². The quantitative estimate of drug-likeness (QED) is 0.512. The fourth-order valence-electron chi connectivity index (χ4n) is 3.40. The minimum absolute atomic E-state index is 0.0259. The topological polar surface area (TPSA) is 62.2 Å². The number of nitrogens with zero attached hydrogens (tertiary/aromatic N) is 3. The van der Waals surface area contributed by atoms with Crippen molar-refractivity contribution >= 4 is 35.0 Å². The third kappa shape index (κ3) is 4.27. The molecule has 0 atom stereocenters. The Morgan fingerprint density at radius 2 is 1.80 bits per heavy atom. The highest BCUT2D eigenvalue weighted by atomic mass is 16.5. The molecule has 2 aromatic carbocycles. The highest BCUT2D eigenvalue weighted by Crippen LogP contribution is 2.27. The van der Waals surface area contributed by atoms with Crippen LogP contribution < -0.4 is 9.91 Å². The number of anilines is 2. The molecule has 2 aromatic rings. The maximum absolute atomic E-state index is 13.1. The summed E-state index contributed by atoms with van der Waals surface area (Å²) in [6, 6.07) is 15.1. The summed E-state index contributed by atoms with van der Waals surface area (Å²) >= 11 is 0. The van der Waals surface area contributed by atoms with Crippen LogP contribution in [0.15, 0.2) is 59.2 Å². The molecule has 30 heavy (non-hydrogen) atoms. The molecule has 0 saturated carbocycles. The molecule has 0 saturated heterocycles. The second-order valence-corrected chi connectivity index (χ2v) is 6.89. The maximum Gasteiger partial charge on any atom is 0.359 e. The van der Waals surface area contributed by atoms with Crippen molar-refractivity contribution in [2.45, 2.75) is 27.7 Å². The predicted molar refractivity (Wildman–Crippen MR) is 121 cm³/mol. The minimum Gasteiger partial charge on any atom is -0.461 e. The molecular weight excluding hydrogens is 378 g/mol. The summed E-state index contributed by atoms with van der Waals surface area (Å²) in [6.07, 6.45) is 1.72. The summed E-state index contributed by atoms with van der Waals surface area (Å²) < 4.78 is 5.14. The van der Waals surface area contributed by atoms with Gasteiger partial charge in [0.15, 0.2) is 5.71 Å². The van der Waals surface area contributed by atoms with Crippen LogP contribution in [0, 0.1) is 6.92 Å². The number of hydrogen-bond donors (Lipinski definition) is 0. The van der Waals surface area contributed by atoms with Crippen molar-refractivity contribution in [2.24, 2.45) is 5.10 Å². The van der Waals surface area contributed by atoms with Gasteiger partial charge >= 0.3 is 5.97 Å². The van der Waals surface area contributed by atoms with E-state index in [-0.39, 0.29) is 23.8 Å². The molecule has 1 heterocycles. The van der Waals surface area contributed by atoms with Gasteiger partial charge in [0.05, 0.1) is 17.9 Å². The van der Waals surface area contributed by atoms with Gasteiger partial charge in [0.2, 0.25) is 0 Å². The molecule has 0 radical (unpaired) electrons. The fraction of sp³-hybridized carbons (Fsp3) is 0.292. The normalized spacial score (nSPS) is 14.8. The van der Waals surface area contributed by atoms with E-state index in [9.17, 15) is 9.59 Å². The van der Waals surface area contributed by atoms with Crippen molar-refractivity contribution in [3.05, 3.63) is 65.2 Å². The van der Waals surface area contributed by atoms with Crippen LogP contribution >= 0.6 is 0 Å². The number of benzene rings is 2. The van der Waals surface area contributed by atoms with Crippen molar-refractivity contribution in [1.29, 1.82) is 0 Å². The molecule has 6 nitrogen and oxygen atoms in total. The fourth-order valence-corrected chi connectivity index (χ4v) is 3.40. The smallest absolute Gasteiger partial charge is 0.359 e. The zero-order chi connectivity index (χ0) is 21.7. The monoisotopic (exact) mass is 405 g/mol. The highest BCUT2D eigenvalue weighted by molar-refractivity contribution is 6.54. The van der Waals surface area contributed by atoms with Crippen LogP contribution in [-0.4, -0.2) is 37.3 Å². The number of carbonyl (C=O) groups is 2. The lowest BCUT2D eigenvalue weighted by atomic mass is 10.0. The van der Waals surface area contributed by atoms with Crippen molar-refractivity contribution < 1.29 is 14.3 Å². The summed E-state index contributed by atoms with van der Waals surface area (Å²) in [6.45, 7) is 10.0. The number of amides is 1. The molecule has 0 unspecified atom stereocenters. The van der Waals surface area contributed by atoms with E-state index < -0.39 is 5.97 Å². The molecule has 0 aliphatic carbocycles. The zero-order valence-electron chi connectivity index (χ0n) is 17.9. The average molecular weight is 405 g/mol. The van der Waals surface area contributed by atoms with Gasteiger partial charge in [-0.1, -0.05) is 24.3 Å². The molecule has 0 bridgehead atoms. The van der Waals surface area contributed by atoms with Crippen LogP contribution in [0.4, 0.5) is 11.4 Å². The number of esters is 1. The van der Waals surface area contributed by atoms with Crippen molar-refractivity contribution in [3.8, 4) is 0 Å². The first-order chi connectivity index (χ1) is 14.5. The van der Waals surface area contributed by atoms with Gasteiger partial charge in [-0.2, -0.15) is 10.1 Å². The summed E-state index contributed by atoms with van der Waals surface area (Å²) in [5, 5.41) is 5.53. The van der Waals surface area contributed by atoms with Gasteiger partial charge < -0.3 is 9.64 Å². The lowest BCUT2D eigenvalue weighted by molar-refractivity contribution is -0.135. The van der Waals surface area contributed by atoms with Crippen LogP contribution in [-0.2, 0) is 14.3 Å². The Labute approximate surface area is 177 Å². The number of ether oxygens (including phenoxy) is 1. The summed E-state index contributed by atoms with van der Waals surface area (Å²) in [7, 11) is 0. The van der Waals surface area contributed by atoms with E-state index in [1.807, 2.05) is 37.3 Å². The van der Waals surface area contributed by atoms with E-state index >= 15 is 0 Å². The van der Waals surface area contributed by atoms with E-state index in [1.54, 1.807) is 25.1 Å². The van der Waals surface area contributed by atoms with Gasteiger partial charge in [-0.05, 0) is 69.2 Å². The number of hydrazone groups is 1. The Morgan fingerprint density at radius 3 is 2.40 bits per heavy atom. The Balaban J connectivity index is 2.02. The average Bonchev–Trinajstić information content (AvgIpc) is 3.08. The summed E-state index contributed by atoms with van der Waals surface area (Å²) in [5.41, 5.74) is 3.86. The first-order valence-electron chi connectivity index (χ1n) is 10.2. The number of rotatable bonds is 7. The molecule has 0 aromatic heterocycles. The van der Waals surface area contributed by atoms with Crippen molar-refractivity contribution in [2.75, 3.05) is 29.6 Å². The second kappa shape index (κ2) is 9.39. The molecule has 0 N–H and O–H groups in total.